The summed E-state index contributed by atoms with van der Waals surface area (Å²) in [5.74, 6) is -0.220. The first-order valence-corrected chi connectivity index (χ1v) is 14.8. The second-order valence-corrected chi connectivity index (χ2v) is 12.9. The molecule has 0 spiro atoms. The highest BCUT2D eigenvalue weighted by Gasteiger charge is 2.40. The van der Waals surface area contributed by atoms with Gasteiger partial charge in [-0.15, -0.1) is 11.3 Å². The average Bonchev–Trinajstić information content (AvgIpc) is 3.56. The predicted octanol–water partition coefficient (Wildman–Crippen LogP) is 5.75. The number of thiazole rings is 1. The van der Waals surface area contributed by atoms with Crippen LogP contribution in [0.1, 0.15) is 36.0 Å². The number of fused-ring (bicyclic) bond motifs is 1. The minimum Gasteiger partial charge on any atom is -0.282 e. The van der Waals surface area contributed by atoms with Gasteiger partial charge in [-0.3, -0.25) is 9.69 Å². The normalized spacial score (nSPS) is 17.0. The van der Waals surface area contributed by atoms with Crippen molar-refractivity contribution in [2.75, 3.05) is 11.4 Å². The number of aromatic nitrogens is 1. The number of rotatable bonds is 6. The fraction of sp³-hybridized carbons (Fsp3) is 0.308. The van der Waals surface area contributed by atoms with E-state index < -0.39 is 16.1 Å². The van der Waals surface area contributed by atoms with Crippen LogP contribution in [-0.2, 0) is 21.4 Å². The quantitative estimate of drug-likeness (QED) is 0.321. The fourth-order valence-electron chi connectivity index (χ4n) is 4.48. The number of hydrogen-bond donors (Lipinski definition) is 0. The van der Waals surface area contributed by atoms with E-state index in [-0.39, 0.29) is 10.1 Å². The Bertz CT molecular complexity index is 1450. The number of nitrogens with zero attached hydrogens (tertiary/aromatic N) is 3. The van der Waals surface area contributed by atoms with Gasteiger partial charge in [-0.1, -0.05) is 60.2 Å². The predicted molar refractivity (Wildman–Crippen MR) is 143 cm³/mol. The topological polar surface area (TPSA) is 70.6 Å². The van der Waals surface area contributed by atoms with Gasteiger partial charge in [0.25, 0.3) is 10.0 Å². The molecule has 0 bridgehead atoms. The van der Waals surface area contributed by atoms with Crippen LogP contribution in [0.5, 0.6) is 0 Å². The molecule has 3 heterocycles. The van der Waals surface area contributed by atoms with E-state index in [1.54, 1.807) is 22.4 Å². The van der Waals surface area contributed by atoms with Crippen molar-refractivity contribution in [3.05, 3.63) is 76.7 Å². The van der Waals surface area contributed by atoms with Crippen molar-refractivity contribution in [2.45, 2.75) is 49.9 Å². The molecular weight excluding hydrogens is 499 g/mol. The minimum atomic E-state index is -3.75. The van der Waals surface area contributed by atoms with Crippen LogP contribution in [0.4, 0.5) is 5.13 Å². The van der Waals surface area contributed by atoms with Crippen LogP contribution >= 0.6 is 22.7 Å². The summed E-state index contributed by atoms with van der Waals surface area (Å²) in [6, 6.07) is 16.5. The van der Waals surface area contributed by atoms with E-state index in [0.717, 1.165) is 39.7 Å². The Balaban J connectivity index is 1.56. The molecule has 0 N–H and O–H groups in total. The Labute approximate surface area is 213 Å². The minimum absolute atomic E-state index is 0.220. The first-order valence-electron chi connectivity index (χ1n) is 11.6. The SMILES string of the molecule is Cc1ccc2sc(N(Cc3ccccc3)C(=O)C3CCCCN3S(=O)(=O)c3cccs3)nc2c1C. The van der Waals surface area contributed by atoms with Crippen molar-refractivity contribution >= 4 is 54.0 Å². The van der Waals surface area contributed by atoms with E-state index in [9.17, 15) is 13.2 Å². The third-order valence-electron chi connectivity index (χ3n) is 6.55. The van der Waals surface area contributed by atoms with E-state index in [1.807, 2.05) is 43.3 Å². The Morgan fingerprint density at radius 1 is 1.09 bits per heavy atom. The molecule has 1 saturated heterocycles. The van der Waals surface area contributed by atoms with Gasteiger partial charge in [0.05, 0.1) is 16.8 Å². The number of amides is 1. The molecule has 5 rings (SSSR count). The van der Waals surface area contributed by atoms with Crippen molar-refractivity contribution in [3.8, 4) is 0 Å². The second-order valence-electron chi connectivity index (χ2n) is 8.82. The van der Waals surface area contributed by atoms with Crippen molar-refractivity contribution in [1.82, 2.24) is 9.29 Å². The molecule has 1 atom stereocenters. The number of anilines is 1. The van der Waals surface area contributed by atoms with Crippen LogP contribution in [0.15, 0.2) is 64.2 Å². The molecule has 1 fully saturated rings. The Morgan fingerprint density at radius 3 is 2.63 bits per heavy atom. The lowest BCUT2D eigenvalue weighted by Gasteiger charge is -2.35. The maximum absolute atomic E-state index is 14.1. The number of hydrogen-bond acceptors (Lipinski definition) is 6. The van der Waals surface area contributed by atoms with E-state index in [0.29, 0.717) is 24.6 Å². The Morgan fingerprint density at radius 2 is 1.89 bits per heavy atom. The highest BCUT2D eigenvalue weighted by atomic mass is 32.2. The number of benzene rings is 2. The highest BCUT2D eigenvalue weighted by Crippen LogP contribution is 2.35. The third kappa shape index (κ3) is 4.65. The zero-order valence-corrected chi connectivity index (χ0v) is 22.1. The number of sulfonamides is 1. The van der Waals surface area contributed by atoms with Crippen molar-refractivity contribution in [3.63, 3.8) is 0 Å². The van der Waals surface area contributed by atoms with Gasteiger partial charge in [0, 0.05) is 6.54 Å². The summed E-state index contributed by atoms with van der Waals surface area (Å²) in [5, 5.41) is 2.35. The number of aryl methyl sites for hydroxylation is 2. The summed E-state index contributed by atoms with van der Waals surface area (Å²) < 4.78 is 29.6. The van der Waals surface area contributed by atoms with Gasteiger partial charge in [0.15, 0.2) is 5.13 Å². The largest absolute Gasteiger partial charge is 0.282 e. The number of carbonyl (C=O) groups excluding carboxylic acids is 1. The third-order valence-corrected chi connectivity index (χ3v) is 10.9. The lowest BCUT2D eigenvalue weighted by Crippen LogP contribution is -2.52. The van der Waals surface area contributed by atoms with Crippen molar-refractivity contribution in [2.24, 2.45) is 0 Å². The van der Waals surface area contributed by atoms with Crippen molar-refractivity contribution < 1.29 is 13.2 Å². The van der Waals surface area contributed by atoms with Gasteiger partial charge in [-0.2, -0.15) is 4.31 Å². The molecule has 2 aromatic heterocycles. The smallest absolute Gasteiger partial charge is 0.253 e. The van der Waals surface area contributed by atoms with Gasteiger partial charge in [-0.05, 0) is 60.9 Å². The molecule has 182 valence electrons. The van der Waals surface area contributed by atoms with E-state index >= 15 is 0 Å². The monoisotopic (exact) mass is 525 g/mol. The number of piperidine rings is 1. The lowest BCUT2D eigenvalue weighted by molar-refractivity contribution is -0.123. The highest BCUT2D eigenvalue weighted by molar-refractivity contribution is 7.91. The van der Waals surface area contributed by atoms with Crippen LogP contribution < -0.4 is 4.90 Å². The summed E-state index contributed by atoms with van der Waals surface area (Å²) in [6.07, 6.45) is 2.05. The van der Waals surface area contributed by atoms with Crippen LogP contribution in [0.25, 0.3) is 10.2 Å². The molecule has 1 amide bonds. The maximum atomic E-state index is 14.1. The molecule has 4 aromatic rings. The maximum Gasteiger partial charge on any atom is 0.253 e. The lowest BCUT2D eigenvalue weighted by atomic mass is 10.0. The van der Waals surface area contributed by atoms with Crippen LogP contribution in [0.3, 0.4) is 0 Å². The first-order chi connectivity index (χ1) is 16.9. The molecule has 9 heteroatoms. The van der Waals surface area contributed by atoms with E-state index in [1.165, 1.54) is 27.0 Å². The molecule has 35 heavy (non-hydrogen) atoms. The standard InChI is InChI=1S/C26H27N3O3S3/c1-18-13-14-22-24(19(18)2)27-26(34-22)28(17-20-9-4-3-5-10-20)25(30)21-11-6-7-15-29(21)35(31,32)23-12-8-16-33-23/h3-5,8-10,12-14,16,21H,6-7,11,15,17H2,1-2H3. The summed E-state index contributed by atoms with van der Waals surface area (Å²) in [6.45, 7) is 4.77. The molecule has 0 radical (unpaired) electrons. The molecule has 6 nitrogen and oxygen atoms in total. The summed E-state index contributed by atoms with van der Waals surface area (Å²) in [5.41, 5.74) is 4.10. The average molecular weight is 526 g/mol. The van der Waals surface area contributed by atoms with Crippen LogP contribution in [0.2, 0.25) is 0 Å². The molecule has 0 aliphatic carbocycles. The summed E-state index contributed by atoms with van der Waals surface area (Å²) in [4.78, 5) is 20.7. The first kappa shape index (κ1) is 24.1. The zero-order chi connectivity index (χ0) is 24.6. The molecule has 1 unspecified atom stereocenters. The Hall–Kier alpha value is -2.59. The number of carbonyl (C=O) groups is 1. The van der Waals surface area contributed by atoms with Gasteiger partial charge < -0.3 is 0 Å². The second kappa shape index (κ2) is 9.81. The molecule has 1 aliphatic rings. The van der Waals surface area contributed by atoms with Gasteiger partial charge in [0.2, 0.25) is 5.91 Å². The van der Waals surface area contributed by atoms with E-state index in [4.69, 9.17) is 4.98 Å². The summed E-state index contributed by atoms with van der Waals surface area (Å²) in [7, 11) is -3.75. The fourth-order valence-corrected chi connectivity index (χ4v) is 8.28. The number of thiophene rings is 1. The molecular formula is C26H27N3O3S3. The molecule has 1 aliphatic heterocycles. The molecule has 2 aromatic carbocycles. The van der Waals surface area contributed by atoms with Gasteiger partial charge in [-0.25, -0.2) is 13.4 Å². The van der Waals surface area contributed by atoms with Crippen LogP contribution in [0, 0.1) is 13.8 Å². The zero-order valence-electron chi connectivity index (χ0n) is 19.7. The van der Waals surface area contributed by atoms with Crippen LogP contribution in [-0.4, -0.2) is 36.2 Å². The summed E-state index contributed by atoms with van der Waals surface area (Å²) >= 11 is 2.66. The van der Waals surface area contributed by atoms with Gasteiger partial charge >= 0.3 is 0 Å². The van der Waals surface area contributed by atoms with Gasteiger partial charge in [0.1, 0.15) is 10.3 Å². The Kier molecular flexibility index (Phi) is 6.76. The molecule has 0 saturated carbocycles. The van der Waals surface area contributed by atoms with E-state index in [2.05, 4.69) is 13.0 Å². The van der Waals surface area contributed by atoms with Crippen molar-refractivity contribution in [1.29, 1.82) is 0 Å².